The molecule has 0 bridgehead atoms. The number of carbonyl (C=O) groups excluding carboxylic acids is 1. The van der Waals surface area contributed by atoms with Crippen LogP contribution in [0.3, 0.4) is 0 Å². The second kappa shape index (κ2) is 11.1. The molecule has 0 fully saturated rings. The fourth-order valence-corrected chi connectivity index (χ4v) is 5.12. The fraction of sp³-hybridized carbons (Fsp3) is 0.233. The lowest BCUT2D eigenvalue weighted by atomic mass is 9.95. The van der Waals surface area contributed by atoms with E-state index in [-0.39, 0.29) is 5.91 Å². The highest BCUT2D eigenvalue weighted by Gasteiger charge is 2.34. The number of allylic oxidation sites excluding steroid dienone is 1. The molecule has 194 valence electrons. The molecule has 0 saturated heterocycles. The number of amides is 1. The largest absolute Gasteiger partial charge is 0.489 e. The summed E-state index contributed by atoms with van der Waals surface area (Å²) in [7, 11) is 0. The zero-order valence-corrected chi connectivity index (χ0v) is 22.8. The van der Waals surface area contributed by atoms with Gasteiger partial charge in [0.2, 0.25) is 11.1 Å². The fourth-order valence-electron chi connectivity index (χ4n) is 4.56. The molecule has 1 amide bonds. The van der Waals surface area contributed by atoms with Crippen LogP contribution in [0, 0.1) is 13.8 Å². The van der Waals surface area contributed by atoms with Gasteiger partial charge in [-0.3, -0.25) is 4.79 Å². The van der Waals surface area contributed by atoms with Crippen LogP contribution >= 0.6 is 11.8 Å². The number of hydrogen-bond acceptors (Lipinski definition) is 6. The van der Waals surface area contributed by atoms with Crippen LogP contribution < -0.4 is 15.4 Å². The first-order valence-electron chi connectivity index (χ1n) is 12.6. The predicted molar refractivity (Wildman–Crippen MR) is 153 cm³/mol. The Hall–Kier alpha value is -4.04. The molecule has 38 heavy (non-hydrogen) atoms. The summed E-state index contributed by atoms with van der Waals surface area (Å²) >= 11 is 1.57. The van der Waals surface area contributed by atoms with Gasteiger partial charge in [0, 0.05) is 11.4 Å². The topological polar surface area (TPSA) is 81.1 Å². The SMILES string of the molecule is CCSc1nc2n(n1)C(c1ccc(OCc3cccc(C)c3)cc1)C(C(=O)Nc1cccc(C)c1)=C(C)N2. The Morgan fingerprint density at radius 2 is 1.76 bits per heavy atom. The van der Waals surface area contributed by atoms with Crippen molar-refractivity contribution in [3.63, 3.8) is 0 Å². The third-order valence-electron chi connectivity index (χ3n) is 6.31. The van der Waals surface area contributed by atoms with Crippen molar-refractivity contribution in [2.75, 3.05) is 16.4 Å². The zero-order chi connectivity index (χ0) is 26.6. The van der Waals surface area contributed by atoms with Crippen LogP contribution in [0.25, 0.3) is 0 Å². The standard InChI is InChI=1S/C30H31N5O2S/c1-5-38-30-33-29-31-21(4)26(28(36)32-24-11-7-9-20(3)17-24)27(35(29)34-30)23-12-14-25(15-13-23)37-18-22-10-6-8-19(2)16-22/h6-17,27H,5,18H2,1-4H3,(H,32,36)(H,31,33,34). The Kier molecular flexibility index (Phi) is 7.51. The van der Waals surface area contributed by atoms with Crippen LogP contribution in [-0.2, 0) is 11.4 Å². The lowest BCUT2D eigenvalue weighted by molar-refractivity contribution is -0.113. The molecule has 1 unspecified atom stereocenters. The molecule has 0 aliphatic carbocycles. The van der Waals surface area contributed by atoms with Gasteiger partial charge in [-0.2, -0.15) is 4.98 Å². The number of benzene rings is 3. The summed E-state index contributed by atoms with van der Waals surface area (Å²) in [6, 6.07) is 23.5. The number of carbonyl (C=O) groups is 1. The molecule has 1 aromatic heterocycles. The lowest BCUT2D eigenvalue weighted by Gasteiger charge is -2.28. The average Bonchev–Trinajstić information content (AvgIpc) is 3.29. The third-order valence-corrected chi connectivity index (χ3v) is 7.03. The van der Waals surface area contributed by atoms with Crippen molar-refractivity contribution in [1.29, 1.82) is 0 Å². The Bertz CT molecular complexity index is 1490. The Balaban J connectivity index is 1.45. The molecule has 7 nitrogen and oxygen atoms in total. The van der Waals surface area contributed by atoms with Crippen LogP contribution in [-0.4, -0.2) is 26.4 Å². The first-order valence-corrected chi connectivity index (χ1v) is 13.6. The van der Waals surface area contributed by atoms with Gasteiger partial charge in [0.15, 0.2) is 0 Å². The summed E-state index contributed by atoms with van der Waals surface area (Å²) in [5, 5.41) is 11.8. The van der Waals surface area contributed by atoms with Crippen LogP contribution in [0.15, 0.2) is 89.2 Å². The van der Waals surface area contributed by atoms with E-state index in [1.54, 1.807) is 16.4 Å². The highest BCUT2D eigenvalue weighted by atomic mass is 32.2. The van der Waals surface area contributed by atoms with E-state index in [2.05, 4.69) is 47.7 Å². The number of ether oxygens (including phenoxy) is 1. The van der Waals surface area contributed by atoms with Gasteiger partial charge in [0.1, 0.15) is 18.4 Å². The van der Waals surface area contributed by atoms with E-state index < -0.39 is 6.04 Å². The van der Waals surface area contributed by atoms with Crippen LogP contribution in [0.4, 0.5) is 11.6 Å². The summed E-state index contributed by atoms with van der Waals surface area (Å²) in [4.78, 5) is 18.3. The van der Waals surface area contributed by atoms with Crippen molar-refractivity contribution < 1.29 is 9.53 Å². The zero-order valence-electron chi connectivity index (χ0n) is 22.0. The second-order valence-corrected chi connectivity index (χ2v) is 10.6. The normalized spacial score (nSPS) is 14.6. The van der Waals surface area contributed by atoms with Crippen LogP contribution in [0.5, 0.6) is 5.75 Å². The minimum absolute atomic E-state index is 0.184. The Labute approximate surface area is 227 Å². The average molecular weight is 526 g/mol. The maximum Gasteiger partial charge on any atom is 0.255 e. The van der Waals surface area contributed by atoms with Gasteiger partial charge in [0.25, 0.3) is 5.91 Å². The summed E-state index contributed by atoms with van der Waals surface area (Å²) in [6.45, 7) is 8.53. The van der Waals surface area contributed by atoms with Crippen molar-refractivity contribution in [2.45, 2.75) is 45.5 Å². The van der Waals surface area contributed by atoms with Crippen molar-refractivity contribution >= 4 is 29.3 Å². The summed E-state index contributed by atoms with van der Waals surface area (Å²) < 4.78 is 7.84. The summed E-state index contributed by atoms with van der Waals surface area (Å²) in [6.07, 6.45) is 0. The molecule has 1 aliphatic heterocycles. The molecule has 1 aliphatic rings. The van der Waals surface area contributed by atoms with Gasteiger partial charge in [-0.15, -0.1) is 5.10 Å². The molecule has 3 aromatic carbocycles. The Morgan fingerprint density at radius 3 is 2.47 bits per heavy atom. The molecule has 0 saturated carbocycles. The van der Waals surface area contributed by atoms with Gasteiger partial charge >= 0.3 is 0 Å². The molecule has 1 atom stereocenters. The number of nitrogens with one attached hydrogen (secondary N) is 2. The van der Waals surface area contributed by atoms with Crippen LogP contribution in [0.2, 0.25) is 0 Å². The molecule has 2 N–H and O–H groups in total. The van der Waals surface area contributed by atoms with Gasteiger partial charge < -0.3 is 15.4 Å². The smallest absolute Gasteiger partial charge is 0.255 e. The number of thioether (sulfide) groups is 1. The second-order valence-electron chi connectivity index (χ2n) is 9.33. The quantitative estimate of drug-likeness (QED) is 0.255. The predicted octanol–water partition coefficient (Wildman–Crippen LogP) is 6.51. The van der Waals surface area contributed by atoms with E-state index in [4.69, 9.17) is 9.84 Å². The van der Waals surface area contributed by atoms with E-state index in [0.29, 0.717) is 23.3 Å². The van der Waals surface area contributed by atoms with E-state index in [1.807, 2.05) is 68.4 Å². The van der Waals surface area contributed by atoms with Gasteiger partial charge in [-0.05, 0) is 67.5 Å². The Morgan fingerprint density at radius 1 is 1.03 bits per heavy atom. The highest BCUT2D eigenvalue weighted by Crippen LogP contribution is 2.37. The summed E-state index contributed by atoms with van der Waals surface area (Å²) in [5.41, 5.74) is 6.40. The van der Waals surface area contributed by atoms with Gasteiger partial charge in [-0.25, -0.2) is 4.68 Å². The minimum atomic E-state index is -0.444. The van der Waals surface area contributed by atoms with E-state index in [0.717, 1.165) is 39.6 Å². The minimum Gasteiger partial charge on any atom is -0.489 e. The number of rotatable bonds is 8. The van der Waals surface area contributed by atoms with Crippen LogP contribution in [0.1, 0.15) is 42.1 Å². The van der Waals surface area contributed by atoms with Crippen molar-refractivity contribution in [2.24, 2.45) is 0 Å². The number of nitrogens with zero attached hydrogens (tertiary/aromatic N) is 3. The number of hydrogen-bond donors (Lipinski definition) is 2. The first-order chi connectivity index (χ1) is 18.4. The monoisotopic (exact) mass is 525 g/mol. The van der Waals surface area contributed by atoms with E-state index >= 15 is 0 Å². The van der Waals surface area contributed by atoms with Gasteiger partial charge in [-0.1, -0.05) is 72.8 Å². The first kappa shape index (κ1) is 25.6. The number of aryl methyl sites for hydroxylation is 2. The number of aromatic nitrogens is 3. The number of fused-ring (bicyclic) bond motifs is 1. The maximum absolute atomic E-state index is 13.7. The molecule has 4 aromatic rings. The summed E-state index contributed by atoms with van der Waals surface area (Å²) in [5.74, 6) is 2.05. The van der Waals surface area contributed by atoms with Crippen molar-refractivity contribution in [3.8, 4) is 5.75 Å². The highest BCUT2D eigenvalue weighted by molar-refractivity contribution is 7.99. The van der Waals surface area contributed by atoms with Gasteiger partial charge in [0.05, 0.1) is 5.57 Å². The van der Waals surface area contributed by atoms with Crippen molar-refractivity contribution in [3.05, 3.63) is 106 Å². The van der Waals surface area contributed by atoms with Crippen molar-refractivity contribution in [1.82, 2.24) is 14.8 Å². The van der Waals surface area contributed by atoms with E-state index in [9.17, 15) is 4.79 Å². The third kappa shape index (κ3) is 5.60. The molecule has 2 heterocycles. The van der Waals surface area contributed by atoms with E-state index in [1.165, 1.54) is 5.56 Å². The molecule has 8 heteroatoms. The molecular weight excluding hydrogens is 494 g/mol. The number of anilines is 2. The maximum atomic E-state index is 13.7. The molecule has 0 spiro atoms. The molecule has 5 rings (SSSR count). The molecular formula is C30H31N5O2S. The lowest BCUT2D eigenvalue weighted by Crippen LogP contribution is -2.31. The molecule has 0 radical (unpaired) electrons.